The van der Waals surface area contributed by atoms with Gasteiger partial charge in [0.15, 0.2) is 11.5 Å². The van der Waals surface area contributed by atoms with Gasteiger partial charge in [-0.3, -0.25) is 14.4 Å². The van der Waals surface area contributed by atoms with Gasteiger partial charge in [0.05, 0.1) is 30.4 Å². The van der Waals surface area contributed by atoms with E-state index in [1.54, 1.807) is 18.1 Å². The number of aliphatic hydroxyl groups is 2. The maximum absolute atomic E-state index is 13.5. The Labute approximate surface area is 259 Å². The van der Waals surface area contributed by atoms with Crippen molar-refractivity contribution in [3.63, 3.8) is 0 Å². The molecule has 0 saturated heterocycles. The zero-order chi connectivity index (χ0) is 30.8. The first kappa shape index (κ1) is 33.1. The number of hydrogen-bond acceptors (Lipinski definition) is 8. The van der Waals surface area contributed by atoms with Crippen LogP contribution in [0.15, 0.2) is 59.7 Å². The van der Waals surface area contributed by atoms with Crippen molar-refractivity contribution in [3.8, 4) is 17.2 Å². The van der Waals surface area contributed by atoms with E-state index in [-0.39, 0.29) is 37.8 Å². The molecule has 3 atom stereocenters. The first-order valence-corrected chi connectivity index (χ1v) is 14.5. The molecule has 0 saturated carbocycles. The summed E-state index contributed by atoms with van der Waals surface area (Å²) in [5, 5.41) is 23.6. The van der Waals surface area contributed by atoms with E-state index >= 15 is 0 Å². The van der Waals surface area contributed by atoms with Crippen molar-refractivity contribution >= 4 is 40.7 Å². The summed E-state index contributed by atoms with van der Waals surface area (Å²) >= 11 is 2.01. The number of nitrogens with one attached hydrogen (secondary N) is 1. The van der Waals surface area contributed by atoms with Crippen molar-refractivity contribution in [2.45, 2.75) is 44.9 Å². The highest BCUT2D eigenvalue weighted by Crippen LogP contribution is 2.37. The first-order valence-electron chi connectivity index (χ1n) is 13.5. The standard InChI is InChI=1S/C31H37IN2O8/c1-19(2)12-28(37)34(10-8-20-6-5-7-23(13-20)40-3)25-16-22(31(39)33-9-11-35)17-26(29(25)38)42-30-24(32)14-21(18-36)15-27(30)41-4/h5-7,12-15,17-18,25-26,29,35,38H,8-11,16H2,1-4H3,(H,33,39)/t25-,26+,29+/m1/s1. The molecule has 2 aromatic carbocycles. The quantitative estimate of drug-likeness (QED) is 0.166. The molecule has 3 rings (SSSR count). The number of ether oxygens (including phenoxy) is 3. The smallest absolute Gasteiger partial charge is 0.247 e. The van der Waals surface area contributed by atoms with Crippen LogP contribution in [0.2, 0.25) is 0 Å². The highest BCUT2D eigenvalue weighted by atomic mass is 127. The molecule has 10 nitrogen and oxygen atoms in total. The van der Waals surface area contributed by atoms with Crippen LogP contribution in [0.1, 0.15) is 36.2 Å². The number of benzene rings is 2. The summed E-state index contributed by atoms with van der Waals surface area (Å²) in [6.07, 6.45) is 2.01. The van der Waals surface area contributed by atoms with Gasteiger partial charge < -0.3 is 34.6 Å². The summed E-state index contributed by atoms with van der Waals surface area (Å²) in [7, 11) is 3.02. The Morgan fingerprint density at radius 2 is 1.93 bits per heavy atom. The number of carbonyl (C=O) groups excluding carboxylic acids is 3. The molecule has 42 heavy (non-hydrogen) atoms. The molecule has 1 aliphatic carbocycles. The Balaban J connectivity index is 2.02. The predicted molar refractivity (Wildman–Crippen MR) is 166 cm³/mol. The molecule has 2 aromatic rings. The van der Waals surface area contributed by atoms with E-state index in [4.69, 9.17) is 14.2 Å². The molecular weight excluding hydrogens is 655 g/mol. The van der Waals surface area contributed by atoms with Crippen molar-refractivity contribution in [3.05, 3.63) is 74.4 Å². The summed E-state index contributed by atoms with van der Waals surface area (Å²) in [5.41, 5.74) is 2.42. The minimum Gasteiger partial charge on any atom is -0.497 e. The molecule has 3 N–H and O–H groups in total. The lowest BCUT2D eigenvalue weighted by atomic mass is 9.87. The molecule has 0 radical (unpaired) electrons. The third kappa shape index (κ3) is 8.55. The second-order valence-corrected chi connectivity index (χ2v) is 11.2. The molecule has 0 fully saturated rings. The second kappa shape index (κ2) is 15.7. The number of hydrogen-bond donors (Lipinski definition) is 3. The van der Waals surface area contributed by atoms with Gasteiger partial charge in [0.1, 0.15) is 24.2 Å². The van der Waals surface area contributed by atoms with Crippen LogP contribution in [0.4, 0.5) is 0 Å². The fourth-order valence-electron chi connectivity index (χ4n) is 4.68. The van der Waals surface area contributed by atoms with Crippen LogP contribution in [0.3, 0.4) is 0 Å². The molecule has 11 heteroatoms. The summed E-state index contributed by atoms with van der Waals surface area (Å²) < 4.78 is 17.6. The fourth-order valence-corrected chi connectivity index (χ4v) is 5.44. The SMILES string of the molecule is COc1cccc(CCN(C(=O)C=C(C)C)[C@@H]2CC(C(=O)NCCO)=C[C@H](Oc3c(I)cc(C=O)cc3OC)[C@H]2O)c1. The monoisotopic (exact) mass is 692 g/mol. The van der Waals surface area contributed by atoms with E-state index in [1.807, 2.05) is 60.7 Å². The second-order valence-electron chi connectivity index (χ2n) is 10.0. The number of aldehydes is 1. The van der Waals surface area contributed by atoms with E-state index in [1.165, 1.54) is 25.3 Å². The lowest BCUT2D eigenvalue weighted by molar-refractivity contribution is -0.133. The summed E-state index contributed by atoms with van der Waals surface area (Å²) in [6, 6.07) is 9.85. The van der Waals surface area contributed by atoms with Crippen LogP contribution < -0.4 is 19.5 Å². The van der Waals surface area contributed by atoms with Gasteiger partial charge >= 0.3 is 0 Å². The summed E-state index contributed by atoms with van der Waals surface area (Å²) in [4.78, 5) is 39.6. The Kier molecular flexibility index (Phi) is 12.4. The topological polar surface area (TPSA) is 135 Å². The lowest BCUT2D eigenvalue weighted by Crippen LogP contribution is -2.55. The zero-order valence-corrected chi connectivity index (χ0v) is 26.3. The van der Waals surface area contributed by atoms with E-state index in [9.17, 15) is 24.6 Å². The molecule has 0 heterocycles. The van der Waals surface area contributed by atoms with Gasteiger partial charge in [-0.05, 0) is 78.8 Å². The van der Waals surface area contributed by atoms with Crippen molar-refractivity contribution in [2.75, 3.05) is 33.9 Å². The average Bonchev–Trinajstić information content (AvgIpc) is 2.97. The van der Waals surface area contributed by atoms with Gasteiger partial charge in [-0.25, -0.2) is 0 Å². The van der Waals surface area contributed by atoms with Crippen LogP contribution >= 0.6 is 22.6 Å². The third-order valence-corrected chi connectivity index (χ3v) is 7.53. The van der Waals surface area contributed by atoms with Crippen molar-refractivity contribution in [1.82, 2.24) is 10.2 Å². The molecule has 0 unspecified atom stereocenters. The summed E-state index contributed by atoms with van der Waals surface area (Å²) in [6.45, 7) is 3.68. The molecule has 0 aliphatic heterocycles. The normalized spacial score (nSPS) is 17.9. The maximum atomic E-state index is 13.5. The molecule has 0 aromatic heterocycles. The Bertz CT molecular complexity index is 1340. The fraction of sp³-hybridized carbons (Fsp3) is 0.387. The van der Waals surface area contributed by atoms with Gasteiger partial charge in [0.25, 0.3) is 0 Å². The minimum atomic E-state index is -1.22. The molecule has 0 spiro atoms. The molecular formula is C31H37IN2O8. The average molecular weight is 693 g/mol. The van der Waals surface area contributed by atoms with Gasteiger partial charge in [-0.1, -0.05) is 17.7 Å². The Hall–Kier alpha value is -3.42. The highest BCUT2D eigenvalue weighted by molar-refractivity contribution is 14.1. The number of nitrogens with zero attached hydrogens (tertiary/aromatic N) is 1. The number of carbonyl (C=O) groups is 3. The van der Waals surface area contributed by atoms with E-state index in [0.717, 1.165) is 11.1 Å². The number of allylic oxidation sites excluding steroid dienone is 1. The molecule has 226 valence electrons. The highest BCUT2D eigenvalue weighted by Gasteiger charge is 2.40. The third-order valence-electron chi connectivity index (χ3n) is 6.73. The molecule has 2 amide bonds. The van der Waals surface area contributed by atoms with Crippen LogP contribution in [-0.2, 0) is 16.0 Å². The van der Waals surface area contributed by atoms with Crippen LogP contribution in [0.5, 0.6) is 17.2 Å². The van der Waals surface area contributed by atoms with Gasteiger partial charge in [-0.15, -0.1) is 0 Å². The van der Waals surface area contributed by atoms with Crippen molar-refractivity contribution < 1.29 is 38.8 Å². The minimum absolute atomic E-state index is 0.0457. The van der Waals surface area contributed by atoms with E-state index in [0.29, 0.717) is 38.9 Å². The predicted octanol–water partition coefficient (Wildman–Crippen LogP) is 3.07. The van der Waals surface area contributed by atoms with Gasteiger partial charge in [-0.2, -0.15) is 0 Å². The van der Waals surface area contributed by atoms with Crippen LogP contribution in [-0.4, -0.2) is 85.4 Å². The van der Waals surface area contributed by atoms with Crippen LogP contribution in [0.25, 0.3) is 0 Å². The van der Waals surface area contributed by atoms with Crippen molar-refractivity contribution in [1.29, 1.82) is 0 Å². The number of methoxy groups -OCH3 is 2. The van der Waals surface area contributed by atoms with Gasteiger partial charge in [0.2, 0.25) is 11.8 Å². The summed E-state index contributed by atoms with van der Waals surface area (Å²) in [5.74, 6) is 0.526. The lowest BCUT2D eigenvalue weighted by Gasteiger charge is -2.40. The Morgan fingerprint density at radius 3 is 2.57 bits per heavy atom. The van der Waals surface area contributed by atoms with E-state index < -0.39 is 24.2 Å². The molecule has 1 aliphatic rings. The number of halogens is 1. The Morgan fingerprint density at radius 1 is 1.17 bits per heavy atom. The first-order chi connectivity index (χ1) is 20.1. The number of aliphatic hydroxyl groups excluding tert-OH is 2. The number of amides is 2. The van der Waals surface area contributed by atoms with E-state index in [2.05, 4.69) is 5.32 Å². The largest absolute Gasteiger partial charge is 0.497 e. The number of rotatable bonds is 13. The maximum Gasteiger partial charge on any atom is 0.247 e. The van der Waals surface area contributed by atoms with Gasteiger partial charge in [0, 0.05) is 36.7 Å². The molecule has 0 bridgehead atoms. The zero-order valence-electron chi connectivity index (χ0n) is 24.1. The van der Waals surface area contributed by atoms with Crippen LogP contribution in [0, 0.1) is 3.57 Å². The van der Waals surface area contributed by atoms with Crippen molar-refractivity contribution in [2.24, 2.45) is 0 Å².